The molecule has 2 rings (SSSR count). The first-order valence-corrected chi connectivity index (χ1v) is 6.24. The van der Waals surface area contributed by atoms with E-state index in [1.165, 1.54) is 18.2 Å². The Kier molecular flexibility index (Phi) is 4.14. The summed E-state index contributed by atoms with van der Waals surface area (Å²) in [6.07, 6.45) is 0.602. The van der Waals surface area contributed by atoms with Gasteiger partial charge in [-0.2, -0.15) is 0 Å². The highest BCUT2D eigenvalue weighted by atomic mass is 16.5. The molecule has 0 radical (unpaired) electrons. The third-order valence-electron chi connectivity index (χ3n) is 3.15. The van der Waals surface area contributed by atoms with Gasteiger partial charge < -0.3 is 15.2 Å². The number of methoxy groups -OCH3 is 1. The van der Waals surface area contributed by atoms with E-state index in [1.807, 2.05) is 0 Å². The summed E-state index contributed by atoms with van der Waals surface area (Å²) in [5.74, 6) is -3.13. The standard InChI is InChI=1S/C14H15NO5/c1-20-6-2-5-15-14(19)11-12(17)9-4-3-8(16)7-10(9)13(11)18/h3-4,7,11,16H,2,5-6H2,1H3,(H,15,19). The van der Waals surface area contributed by atoms with E-state index in [9.17, 15) is 19.5 Å². The number of carbonyl (C=O) groups is 3. The number of nitrogens with one attached hydrogen (secondary N) is 1. The lowest BCUT2D eigenvalue weighted by molar-refractivity contribution is -0.122. The summed E-state index contributed by atoms with van der Waals surface area (Å²) in [7, 11) is 1.55. The molecular weight excluding hydrogens is 262 g/mol. The predicted octanol–water partition coefficient (Wildman–Crippen LogP) is 0.540. The lowest BCUT2D eigenvalue weighted by Gasteiger charge is -2.08. The van der Waals surface area contributed by atoms with Crippen LogP contribution in [0.2, 0.25) is 0 Å². The van der Waals surface area contributed by atoms with Gasteiger partial charge in [-0.05, 0) is 24.6 Å². The first-order chi connectivity index (χ1) is 9.56. The monoisotopic (exact) mass is 277 g/mol. The van der Waals surface area contributed by atoms with Crippen LogP contribution in [0, 0.1) is 5.92 Å². The summed E-state index contributed by atoms with van der Waals surface area (Å²) >= 11 is 0. The summed E-state index contributed by atoms with van der Waals surface area (Å²) in [4.78, 5) is 36.1. The van der Waals surface area contributed by atoms with Crippen molar-refractivity contribution in [1.82, 2.24) is 5.32 Å². The third-order valence-corrected chi connectivity index (χ3v) is 3.15. The van der Waals surface area contributed by atoms with Crippen molar-refractivity contribution < 1.29 is 24.2 Å². The molecule has 0 aromatic heterocycles. The zero-order valence-electron chi connectivity index (χ0n) is 11.0. The second-order valence-electron chi connectivity index (χ2n) is 4.53. The Labute approximate surface area is 115 Å². The number of aromatic hydroxyl groups is 1. The minimum atomic E-state index is -1.34. The zero-order chi connectivity index (χ0) is 14.7. The molecule has 106 valence electrons. The molecule has 1 aromatic carbocycles. The number of amides is 1. The molecule has 2 N–H and O–H groups in total. The van der Waals surface area contributed by atoms with Crippen LogP contribution < -0.4 is 5.32 Å². The number of ether oxygens (including phenoxy) is 1. The quantitative estimate of drug-likeness (QED) is 0.605. The minimum Gasteiger partial charge on any atom is -0.508 e. The van der Waals surface area contributed by atoms with E-state index in [4.69, 9.17) is 4.74 Å². The van der Waals surface area contributed by atoms with E-state index in [0.29, 0.717) is 19.6 Å². The molecule has 0 spiro atoms. The number of benzene rings is 1. The van der Waals surface area contributed by atoms with Crippen LogP contribution in [0.3, 0.4) is 0 Å². The Bertz CT molecular complexity index is 567. The molecule has 0 heterocycles. The van der Waals surface area contributed by atoms with Crippen molar-refractivity contribution in [2.75, 3.05) is 20.3 Å². The van der Waals surface area contributed by atoms with Gasteiger partial charge in [0.25, 0.3) is 0 Å². The second kappa shape index (κ2) is 5.83. The van der Waals surface area contributed by atoms with Gasteiger partial charge in [0.05, 0.1) is 0 Å². The molecule has 1 aliphatic carbocycles. The summed E-state index contributed by atoms with van der Waals surface area (Å²) in [6, 6.07) is 3.90. The van der Waals surface area contributed by atoms with Gasteiger partial charge in [0.1, 0.15) is 5.75 Å². The molecule has 0 saturated heterocycles. The number of rotatable bonds is 5. The molecule has 1 amide bonds. The first-order valence-electron chi connectivity index (χ1n) is 6.24. The Balaban J connectivity index is 2.10. The Morgan fingerprint density at radius 3 is 2.70 bits per heavy atom. The maximum absolute atomic E-state index is 12.1. The van der Waals surface area contributed by atoms with Crippen LogP contribution in [0.5, 0.6) is 5.75 Å². The molecular formula is C14H15NO5. The highest BCUT2D eigenvalue weighted by molar-refractivity contribution is 6.35. The number of hydrogen-bond acceptors (Lipinski definition) is 5. The van der Waals surface area contributed by atoms with E-state index >= 15 is 0 Å². The number of hydrogen-bond donors (Lipinski definition) is 2. The van der Waals surface area contributed by atoms with Crippen molar-refractivity contribution in [3.8, 4) is 5.75 Å². The van der Waals surface area contributed by atoms with Gasteiger partial charge in [-0.25, -0.2) is 0 Å². The topological polar surface area (TPSA) is 92.7 Å². The fourth-order valence-electron chi connectivity index (χ4n) is 2.15. The van der Waals surface area contributed by atoms with E-state index in [2.05, 4.69) is 5.32 Å². The van der Waals surface area contributed by atoms with Crippen LogP contribution in [0.1, 0.15) is 27.1 Å². The van der Waals surface area contributed by atoms with E-state index in [-0.39, 0.29) is 16.9 Å². The highest BCUT2D eigenvalue weighted by Crippen LogP contribution is 2.29. The number of Topliss-reactive ketones (excluding diaryl/α,β-unsaturated/α-hetero) is 2. The average molecular weight is 277 g/mol. The minimum absolute atomic E-state index is 0.104. The maximum atomic E-state index is 12.1. The number of ketones is 2. The molecule has 1 unspecified atom stereocenters. The van der Waals surface area contributed by atoms with Gasteiger partial charge >= 0.3 is 0 Å². The van der Waals surface area contributed by atoms with Crippen molar-refractivity contribution in [2.24, 2.45) is 5.92 Å². The second-order valence-corrected chi connectivity index (χ2v) is 4.53. The number of phenolic OH excluding ortho intramolecular Hbond substituents is 1. The molecule has 6 nitrogen and oxygen atoms in total. The van der Waals surface area contributed by atoms with Crippen LogP contribution in [-0.4, -0.2) is 42.8 Å². The van der Waals surface area contributed by atoms with Crippen LogP contribution in [-0.2, 0) is 9.53 Å². The van der Waals surface area contributed by atoms with E-state index < -0.39 is 23.4 Å². The summed E-state index contributed by atoms with van der Waals surface area (Å²) in [5, 5.41) is 11.9. The normalized spacial score (nSPS) is 17.1. The fraction of sp³-hybridized carbons (Fsp3) is 0.357. The van der Waals surface area contributed by atoms with Gasteiger partial charge in [-0.15, -0.1) is 0 Å². The van der Waals surface area contributed by atoms with Gasteiger partial charge in [0.15, 0.2) is 17.5 Å². The highest BCUT2D eigenvalue weighted by Gasteiger charge is 2.43. The van der Waals surface area contributed by atoms with Gasteiger partial charge in [-0.3, -0.25) is 14.4 Å². The van der Waals surface area contributed by atoms with Crippen LogP contribution in [0.4, 0.5) is 0 Å². The molecule has 6 heteroatoms. The maximum Gasteiger partial charge on any atom is 0.238 e. The molecule has 0 saturated carbocycles. The van der Waals surface area contributed by atoms with Crippen molar-refractivity contribution in [3.05, 3.63) is 29.3 Å². The third kappa shape index (κ3) is 2.55. The predicted molar refractivity (Wildman–Crippen MR) is 69.8 cm³/mol. The largest absolute Gasteiger partial charge is 0.508 e. The Morgan fingerprint density at radius 1 is 1.30 bits per heavy atom. The van der Waals surface area contributed by atoms with Crippen molar-refractivity contribution in [3.63, 3.8) is 0 Å². The number of carbonyl (C=O) groups excluding carboxylic acids is 3. The van der Waals surface area contributed by atoms with Crippen molar-refractivity contribution in [1.29, 1.82) is 0 Å². The summed E-state index contributed by atoms with van der Waals surface area (Å²) in [6.45, 7) is 0.826. The van der Waals surface area contributed by atoms with E-state index in [1.54, 1.807) is 7.11 Å². The average Bonchev–Trinajstić information content (AvgIpc) is 2.66. The van der Waals surface area contributed by atoms with Gasteiger partial charge in [0.2, 0.25) is 5.91 Å². The molecule has 1 atom stereocenters. The van der Waals surface area contributed by atoms with Crippen LogP contribution in [0.15, 0.2) is 18.2 Å². The van der Waals surface area contributed by atoms with Gasteiger partial charge in [0, 0.05) is 31.4 Å². The molecule has 1 aromatic rings. The lowest BCUT2D eigenvalue weighted by Crippen LogP contribution is -2.37. The number of phenols is 1. The smallest absolute Gasteiger partial charge is 0.238 e. The van der Waals surface area contributed by atoms with Crippen LogP contribution >= 0.6 is 0 Å². The fourth-order valence-corrected chi connectivity index (χ4v) is 2.15. The molecule has 20 heavy (non-hydrogen) atoms. The molecule has 1 aliphatic rings. The lowest BCUT2D eigenvalue weighted by atomic mass is 10.0. The van der Waals surface area contributed by atoms with Crippen LogP contribution in [0.25, 0.3) is 0 Å². The van der Waals surface area contributed by atoms with Crippen molar-refractivity contribution >= 4 is 17.5 Å². The van der Waals surface area contributed by atoms with Gasteiger partial charge in [-0.1, -0.05) is 0 Å². The molecule has 0 fully saturated rings. The Hall–Kier alpha value is -2.21. The van der Waals surface area contributed by atoms with Crippen molar-refractivity contribution in [2.45, 2.75) is 6.42 Å². The Morgan fingerprint density at radius 2 is 2.00 bits per heavy atom. The summed E-state index contributed by atoms with van der Waals surface area (Å²) < 4.78 is 4.84. The first kappa shape index (κ1) is 14.2. The molecule has 0 bridgehead atoms. The number of fused-ring (bicyclic) bond motifs is 1. The zero-order valence-corrected chi connectivity index (χ0v) is 11.0. The SMILES string of the molecule is COCCCNC(=O)C1C(=O)c2ccc(O)cc2C1=O. The summed E-state index contributed by atoms with van der Waals surface area (Å²) in [5.41, 5.74) is 0.289. The molecule has 0 aliphatic heterocycles. The van der Waals surface area contributed by atoms with E-state index in [0.717, 1.165) is 0 Å².